The minimum absolute atomic E-state index is 0.165. The van der Waals surface area contributed by atoms with Crippen molar-refractivity contribution in [3.8, 4) is 0 Å². The molecule has 1 aliphatic rings. The van der Waals surface area contributed by atoms with Gasteiger partial charge in [-0.3, -0.25) is 9.78 Å². The Morgan fingerprint density at radius 1 is 1.17 bits per heavy atom. The van der Waals surface area contributed by atoms with Crippen molar-refractivity contribution in [1.82, 2.24) is 24.8 Å². The fraction of sp³-hybridized carbons (Fsp3) is 0.286. The summed E-state index contributed by atoms with van der Waals surface area (Å²) in [4.78, 5) is 31.0. The number of hydrogen-bond donors (Lipinski definition) is 1. The number of rotatable bonds is 5. The van der Waals surface area contributed by atoms with Gasteiger partial charge in [-0.05, 0) is 37.3 Å². The maximum Gasteiger partial charge on any atom is 0.256 e. The van der Waals surface area contributed by atoms with Crippen LogP contribution in [0, 0.1) is 17.6 Å². The average molecular weight is 410 g/mol. The Morgan fingerprint density at radius 2 is 2.07 bits per heavy atom. The molecule has 154 valence electrons. The van der Waals surface area contributed by atoms with Gasteiger partial charge in [-0.25, -0.2) is 23.7 Å². The number of hydrogen-bond acceptors (Lipinski definition) is 6. The van der Waals surface area contributed by atoms with Gasteiger partial charge in [0.05, 0.1) is 11.8 Å². The van der Waals surface area contributed by atoms with E-state index in [0.717, 1.165) is 24.6 Å². The van der Waals surface area contributed by atoms with Crippen LogP contribution in [0.25, 0.3) is 0 Å². The van der Waals surface area contributed by atoms with E-state index >= 15 is 0 Å². The standard InChI is InChI=1S/C21H20F2N6O/c22-17-5-1-4-16(20(17)23)21(30)29-8-2-3-14(12-29)9-15-10-18(27-13-26-15)28-19-11-24-6-7-25-19/h1,4-7,10-11,13-14H,2-3,8-9,12H2,(H,25,26,27,28). The molecule has 0 aliphatic carbocycles. The normalized spacial score (nSPS) is 16.3. The van der Waals surface area contributed by atoms with Crippen LogP contribution >= 0.6 is 0 Å². The van der Waals surface area contributed by atoms with Crippen molar-refractivity contribution < 1.29 is 13.6 Å². The summed E-state index contributed by atoms with van der Waals surface area (Å²) in [6.07, 6.45) is 8.60. The lowest BCUT2D eigenvalue weighted by Crippen LogP contribution is -2.41. The van der Waals surface area contributed by atoms with E-state index in [0.29, 0.717) is 31.1 Å². The first-order valence-electron chi connectivity index (χ1n) is 9.67. The number of aromatic nitrogens is 4. The second kappa shape index (κ2) is 8.89. The second-order valence-electron chi connectivity index (χ2n) is 7.18. The zero-order valence-electron chi connectivity index (χ0n) is 16.1. The minimum atomic E-state index is -1.10. The first kappa shape index (κ1) is 19.8. The Bertz CT molecular complexity index is 1030. The van der Waals surface area contributed by atoms with Crippen LogP contribution in [0.3, 0.4) is 0 Å². The molecular weight excluding hydrogens is 390 g/mol. The Kier molecular flexibility index (Phi) is 5.87. The van der Waals surface area contributed by atoms with Crippen molar-refractivity contribution in [2.24, 2.45) is 5.92 Å². The molecule has 7 nitrogen and oxygen atoms in total. The summed E-state index contributed by atoms with van der Waals surface area (Å²) in [5.41, 5.74) is 0.598. The lowest BCUT2D eigenvalue weighted by Gasteiger charge is -2.33. The van der Waals surface area contributed by atoms with Crippen molar-refractivity contribution in [3.05, 3.63) is 72.1 Å². The maximum atomic E-state index is 14.0. The summed E-state index contributed by atoms with van der Waals surface area (Å²) in [5, 5.41) is 3.08. The number of piperidine rings is 1. The number of carbonyl (C=O) groups excluding carboxylic acids is 1. The highest BCUT2D eigenvalue weighted by Gasteiger charge is 2.27. The monoisotopic (exact) mass is 410 g/mol. The van der Waals surface area contributed by atoms with Crippen LogP contribution in [0.5, 0.6) is 0 Å². The number of halogens is 2. The third-order valence-electron chi connectivity index (χ3n) is 5.03. The first-order valence-corrected chi connectivity index (χ1v) is 9.67. The molecule has 30 heavy (non-hydrogen) atoms. The van der Waals surface area contributed by atoms with Gasteiger partial charge in [-0.15, -0.1) is 0 Å². The van der Waals surface area contributed by atoms with E-state index in [2.05, 4.69) is 25.3 Å². The van der Waals surface area contributed by atoms with Crippen LogP contribution in [0.4, 0.5) is 20.4 Å². The van der Waals surface area contributed by atoms with Crippen molar-refractivity contribution in [2.75, 3.05) is 18.4 Å². The lowest BCUT2D eigenvalue weighted by atomic mass is 9.92. The third kappa shape index (κ3) is 4.56. The van der Waals surface area contributed by atoms with Crippen molar-refractivity contribution in [2.45, 2.75) is 19.3 Å². The molecule has 0 radical (unpaired) electrons. The Morgan fingerprint density at radius 3 is 2.90 bits per heavy atom. The van der Waals surface area contributed by atoms with Crippen LogP contribution in [-0.2, 0) is 6.42 Å². The molecule has 0 saturated carbocycles. The van der Waals surface area contributed by atoms with Gasteiger partial charge in [0, 0.05) is 37.2 Å². The number of amides is 1. The summed E-state index contributed by atoms with van der Waals surface area (Å²) < 4.78 is 27.5. The van der Waals surface area contributed by atoms with E-state index in [1.807, 2.05) is 6.07 Å². The molecule has 0 bridgehead atoms. The Hall–Kier alpha value is -3.49. The summed E-state index contributed by atoms with van der Waals surface area (Å²) in [5.74, 6) is -1.25. The smallest absolute Gasteiger partial charge is 0.256 e. The van der Waals surface area contributed by atoms with Crippen molar-refractivity contribution >= 4 is 17.5 Å². The second-order valence-corrected chi connectivity index (χ2v) is 7.18. The zero-order valence-corrected chi connectivity index (χ0v) is 16.1. The highest BCUT2D eigenvalue weighted by Crippen LogP contribution is 2.24. The fourth-order valence-corrected chi connectivity index (χ4v) is 3.62. The maximum absolute atomic E-state index is 14.0. The molecule has 0 spiro atoms. The van der Waals surface area contributed by atoms with Gasteiger partial charge in [-0.2, -0.15) is 0 Å². The van der Waals surface area contributed by atoms with E-state index in [4.69, 9.17) is 0 Å². The molecule has 1 unspecified atom stereocenters. The minimum Gasteiger partial charge on any atom is -0.338 e. The molecule has 1 atom stereocenters. The van der Waals surface area contributed by atoms with Crippen LogP contribution in [0.2, 0.25) is 0 Å². The number of likely N-dealkylation sites (tertiary alicyclic amines) is 1. The largest absolute Gasteiger partial charge is 0.338 e. The van der Waals surface area contributed by atoms with Crippen molar-refractivity contribution in [3.63, 3.8) is 0 Å². The third-order valence-corrected chi connectivity index (χ3v) is 5.03. The predicted octanol–water partition coefficient (Wildman–Crippen LogP) is 3.38. The van der Waals surface area contributed by atoms with Gasteiger partial charge in [0.25, 0.3) is 5.91 Å². The molecule has 3 heterocycles. The highest BCUT2D eigenvalue weighted by atomic mass is 19.2. The summed E-state index contributed by atoms with van der Waals surface area (Å²) in [6, 6.07) is 5.51. The van der Waals surface area contributed by atoms with E-state index < -0.39 is 17.5 Å². The van der Waals surface area contributed by atoms with Gasteiger partial charge >= 0.3 is 0 Å². The van der Waals surface area contributed by atoms with E-state index in [1.54, 1.807) is 23.5 Å². The number of anilines is 2. The van der Waals surface area contributed by atoms with Gasteiger partial charge in [0.1, 0.15) is 18.0 Å². The first-order chi connectivity index (χ1) is 14.6. The van der Waals surface area contributed by atoms with Gasteiger partial charge in [0.15, 0.2) is 11.6 Å². The Balaban J connectivity index is 1.42. The number of nitrogens with zero attached hydrogens (tertiary/aromatic N) is 5. The molecule has 1 amide bonds. The van der Waals surface area contributed by atoms with Gasteiger partial charge in [0.2, 0.25) is 0 Å². The number of carbonyl (C=O) groups is 1. The summed E-state index contributed by atoms with van der Waals surface area (Å²) >= 11 is 0. The highest BCUT2D eigenvalue weighted by molar-refractivity contribution is 5.94. The van der Waals surface area contributed by atoms with E-state index in [-0.39, 0.29) is 11.5 Å². The molecule has 4 rings (SSSR count). The molecule has 1 N–H and O–H groups in total. The van der Waals surface area contributed by atoms with Gasteiger partial charge in [-0.1, -0.05) is 6.07 Å². The molecule has 3 aromatic rings. The number of nitrogens with one attached hydrogen (secondary N) is 1. The molecule has 2 aromatic heterocycles. The molecule has 1 fully saturated rings. The fourth-order valence-electron chi connectivity index (χ4n) is 3.62. The molecule has 9 heteroatoms. The van der Waals surface area contributed by atoms with Crippen LogP contribution in [0.15, 0.2) is 49.2 Å². The van der Waals surface area contributed by atoms with Crippen LogP contribution in [-0.4, -0.2) is 43.8 Å². The van der Waals surface area contributed by atoms with Gasteiger partial charge < -0.3 is 10.2 Å². The van der Waals surface area contributed by atoms with E-state index in [9.17, 15) is 13.6 Å². The topological polar surface area (TPSA) is 83.9 Å². The molecular formula is C21H20F2N6O. The van der Waals surface area contributed by atoms with Crippen LogP contribution in [0.1, 0.15) is 28.9 Å². The quantitative estimate of drug-likeness (QED) is 0.694. The SMILES string of the molecule is O=C(c1cccc(F)c1F)N1CCCC(Cc2cc(Nc3cnccn3)ncn2)C1. The Labute approximate surface area is 172 Å². The molecule has 1 aromatic carbocycles. The van der Waals surface area contributed by atoms with Crippen molar-refractivity contribution in [1.29, 1.82) is 0 Å². The predicted molar refractivity (Wildman–Crippen MR) is 106 cm³/mol. The summed E-state index contributed by atoms with van der Waals surface area (Å²) in [7, 11) is 0. The summed E-state index contributed by atoms with van der Waals surface area (Å²) in [6.45, 7) is 0.986. The average Bonchev–Trinajstić information content (AvgIpc) is 2.76. The molecule has 1 saturated heterocycles. The van der Waals surface area contributed by atoms with Crippen LogP contribution < -0.4 is 5.32 Å². The lowest BCUT2D eigenvalue weighted by molar-refractivity contribution is 0.0667. The zero-order chi connectivity index (χ0) is 20.9. The molecule has 1 aliphatic heterocycles. The number of benzene rings is 1. The van der Waals surface area contributed by atoms with E-state index in [1.165, 1.54) is 18.5 Å².